The van der Waals surface area contributed by atoms with Crippen LogP contribution in [0.15, 0.2) is 99.1 Å². The maximum Gasteiger partial charge on any atom is 0.291 e. The normalized spacial score (nSPS) is 16.1. The molecule has 2 unspecified atom stereocenters. The molecule has 1 aliphatic heterocycles. The molecule has 0 spiro atoms. The summed E-state index contributed by atoms with van der Waals surface area (Å²) >= 11 is 0. The Morgan fingerprint density at radius 2 is 1.88 bits per heavy atom. The molecule has 2 aromatic heterocycles. The zero-order valence-corrected chi connectivity index (χ0v) is 25.1. The number of aryl methyl sites for hydroxylation is 1. The van der Waals surface area contributed by atoms with Crippen LogP contribution in [0.1, 0.15) is 63.8 Å². The number of aromatic nitrogens is 1. The number of hydrogen-bond donors (Lipinski definition) is 1. The molecule has 9 heteroatoms. The Balaban J connectivity index is 1.32. The van der Waals surface area contributed by atoms with Gasteiger partial charge in [-0.1, -0.05) is 36.1 Å². The number of nitrogens with zero attached hydrogens (tertiary/aromatic N) is 3. The number of anilines is 1. The fourth-order valence-electron chi connectivity index (χ4n) is 5.06. The van der Waals surface area contributed by atoms with Crippen LogP contribution < -0.4 is 5.32 Å². The number of furan rings is 1. The van der Waals surface area contributed by atoms with Crippen LogP contribution in [-0.2, 0) is 9.73 Å². The third-order valence-electron chi connectivity index (χ3n) is 7.42. The molecule has 2 amide bonds. The lowest BCUT2D eigenvalue weighted by molar-refractivity contribution is 0.0991. The number of likely N-dealkylation sites (tertiary alicyclic amines) is 1. The highest BCUT2D eigenvalue weighted by molar-refractivity contribution is 7.94. The minimum absolute atomic E-state index is 0.221. The third kappa shape index (κ3) is 7.66. The van der Waals surface area contributed by atoms with Gasteiger partial charge >= 0.3 is 0 Å². The first-order valence-corrected chi connectivity index (χ1v) is 16.0. The number of amides is 2. The molecular formula is C34H34N4O4S. The van der Waals surface area contributed by atoms with E-state index in [-0.39, 0.29) is 17.2 Å². The van der Waals surface area contributed by atoms with Gasteiger partial charge < -0.3 is 14.6 Å². The lowest BCUT2D eigenvalue weighted by atomic mass is 10.1. The average Bonchev–Trinajstić information content (AvgIpc) is 3.64. The number of hydrogen-bond acceptors (Lipinski definition) is 6. The lowest BCUT2D eigenvalue weighted by Crippen LogP contribution is -2.29. The summed E-state index contributed by atoms with van der Waals surface area (Å²) in [4.78, 5) is 32.9. The van der Waals surface area contributed by atoms with Crippen molar-refractivity contribution >= 4 is 27.2 Å². The van der Waals surface area contributed by atoms with Crippen LogP contribution in [0, 0.1) is 18.8 Å². The molecular weight excluding hydrogens is 560 g/mol. The van der Waals surface area contributed by atoms with Crippen molar-refractivity contribution in [3.63, 3.8) is 0 Å². The zero-order valence-electron chi connectivity index (χ0n) is 24.3. The first-order valence-electron chi connectivity index (χ1n) is 14.3. The molecule has 43 heavy (non-hydrogen) atoms. The summed E-state index contributed by atoms with van der Waals surface area (Å²) in [5, 5.41) is 2.82. The summed E-state index contributed by atoms with van der Waals surface area (Å²) in [6.07, 6.45) is 7.48. The molecule has 1 aliphatic rings. The Morgan fingerprint density at radius 3 is 2.63 bits per heavy atom. The van der Waals surface area contributed by atoms with Crippen molar-refractivity contribution < 1.29 is 18.2 Å². The predicted octanol–water partition coefficient (Wildman–Crippen LogP) is 6.18. The highest BCUT2D eigenvalue weighted by atomic mass is 32.2. The van der Waals surface area contributed by atoms with Gasteiger partial charge in [0.05, 0.1) is 21.6 Å². The number of benzene rings is 2. The Hall–Kier alpha value is -4.52. The predicted molar refractivity (Wildman–Crippen MR) is 167 cm³/mol. The van der Waals surface area contributed by atoms with Gasteiger partial charge in [-0.2, -0.15) is 4.36 Å². The maximum absolute atomic E-state index is 14.1. The monoisotopic (exact) mass is 594 g/mol. The number of carbonyl (C=O) groups excluding carboxylic acids is 2. The van der Waals surface area contributed by atoms with Crippen molar-refractivity contribution in [3.05, 3.63) is 113 Å². The Bertz CT molecular complexity index is 1800. The standard InChI is InChI=1S/C34H34N4O4S/c1-25-16-19-42-32(25)34(40)36-30-11-6-10-27(22-30)14-15-28-21-29(24-35-23-28)33(39)37-43(41,31-12-4-3-5-13-31)20-8-18-38-17-7-9-26(38)2/h3-6,10-13,16,19,21-24,26H,7-9,17-18,20H2,1-2H3,(H,36,40). The molecule has 1 N–H and O–H groups in total. The molecule has 1 fully saturated rings. The van der Waals surface area contributed by atoms with Crippen molar-refractivity contribution in [2.24, 2.45) is 4.36 Å². The van der Waals surface area contributed by atoms with E-state index in [4.69, 9.17) is 4.42 Å². The van der Waals surface area contributed by atoms with Crippen molar-refractivity contribution in [3.8, 4) is 11.8 Å². The third-order valence-corrected chi connectivity index (χ3v) is 9.74. The van der Waals surface area contributed by atoms with Crippen LogP contribution in [0.3, 0.4) is 0 Å². The summed E-state index contributed by atoms with van der Waals surface area (Å²) in [6.45, 7) is 5.90. The van der Waals surface area contributed by atoms with E-state index in [0.717, 1.165) is 18.7 Å². The van der Waals surface area contributed by atoms with Gasteiger partial charge in [-0.05, 0) is 88.7 Å². The molecule has 4 aromatic rings. The smallest absolute Gasteiger partial charge is 0.291 e. The van der Waals surface area contributed by atoms with Gasteiger partial charge in [0, 0.05) is 51.5 Å². The van der Waals surface area contributed by atoms with Crippen LogP contribution in [0.5, 0.6) is 0 Å². The zero-order chi connectivity index (χ0) is 30.2. The van der Waals surface area contributed by atoms with E-state index < -0.39 is 15.6 Å². The molecule has 0 radical (unpaired) electrons. The lowest BCUT2D eigenvalue weighted by Gasteiger charge is -2.21. The van der Waals surface area contributed by atoms with Crippen LogP contribution in [0.4, 0.5) is 5.69 Å². The van der Waals surface area contributed by atoms with Gasteiger partial charge in [0.1, 0.15) is 0 Å². The molecule has 1 saturated heterocycles. The second kappa shape index (κ2) is 13.6. The Morgan fingerprint density at radius 1 is 1.07 bits per heavy atom. The molecule has 0 bridgehead atoms. The number of nitrogens with one attached hydrogen (secondary N) is 1. The van der Waals surface area contributed by atoms with Crippen LogP contribution in [-0.4, -0.2) is 50.8 Å². The number of carbonyl (C=O) groups is 2. The average molecular weight is 595 g/mol. The number of pyridine rings is 1. The number of rotatable bonds is 8. The SMILES string of the molecule is Cc1ccoc1C(=O)Nc1cccc(C#Cc2cncc(C(=O)N=S(=O)(CCCN3CCCC3C)c3ccccc3)c2)c1. The molecule has 8 nitrogen and oxygen atoms in total. The van der Waals surface area contributed by atoms with Gasteiger partial charge in [0.15, 0.2) is 5.76 Å². The second-order valence-corrected chi connectivity index (χ2v) is 13.0. The molecule has 220 valence electrons. The van der Waals surface area contributed by atoms with Gasteiger partial charge in [0.25, 0.3) is 11.8 Å². The molecule has 3 heterocycles. The van der Waals surface area contributed by atoms with Gasteiger partial charge in [-0.15, -0.1) is 0 Å². The minimum atomic E-state index is -2.98. The molecule has 5 rings (SSSR count). The quantitative estimate of drug-likeness (QED) is 0.245. The molecule has 0 aliphatic carbocycles. The highest BCUT2D eigenvalue weighted by Gasteiger charge is 2.22. The molecule has 2 aromatic carbocycles. The topological polar surface area (TPSA) is 105 Å². The van der Waals surface area contributed by atoms with Gasteiger partial charge in [-0.25, -0.2) is 4.21 Å². The van der Waals surface area contributed by atoms with E-state index in [9.17, 15) is 13.8 Å². The van der Waals surface area contributed by atoms with Crippen molar-refractivity contribution in [2.75, 3.05) is 24.2 Å². The Labute approximate surface area is 252 Å². The first kappa shape index (κ1) is 30.0. The second-order valence-electron chi connectivity index (χ2n) is 10.6. The first-order chi connectivity index (χ1) is 20.8. The molecule has 0 saturated carbocycles. The van der Waals surface area contributed by atoms with E-state index in [1.54, 1.807) is 55.6 Å². The fourth-order valence-corrected chi connectivity index (χ4v) is 6.97. The van der Waals surface area contributed by atoms with E-state index in [2.05, 4.69) is 38.3 Å². The summed E-state index contributed by atoms with van der Waals surface area (Å²) in [5.74, 6) is 5.70. The van der Waals surface area contributed by atoms with Crippen molar-refractivity contribution in [1.82, 2.24) is 9.88 Å². The van der Waals surface area contributed by atoms with Gasteiger partial charge in [-0.3, -0.25) is 14.6 Å². The van der Waals surface area contributed by atoms with Crippen molar-refractivity contribution in [2.45, 2.75) is 44.0 Å². The van der Waals surface area contributed by atoms with Crippen LogP contribution in [0.25, 0.3) is 0 Å². The van der Waals surface area contributed by atoms with Crippen LogP contribution in [0.2, 0.25) is 0 Å². The molecule has 2 atom stereocenters. The fraction of sp³-hybridized carbons (Fsp3) is 0.265. The van der Waals surface area contributed by atoms with Crippen LogP contribution >= 0.6 is 0 Å². The summed E-state index contributed by atoms with van der Waals surface area (Å²) in [5.41, 5.74) is 2.71. The van der Waals surface area contributed by atoms with Gasteiger partial charge in [0.2, 0.25) is 0 Å². The summed E-state index contributed by atoms with van der Waals surface area (Å²) < 4.78 is 23.7. The largest absolute Gasteiger partial charge is 0.459 e. The Kier molecular flexibility index (Phi) is 9.50. The minimum Gasteiger partial charge on any atom is -0.459 e. The summed E-state index contributed by atoms with van der Waals surface area (Å²) in [7, 11) is -2.98. The van der Waals surface area contributed by atoms with Crippen molar-refractivity contribution in [1.29, 1.82) is 0 Å². The van der Waals surface area contributed by atoms with E-state index >= 15 is 0 Å². The van der Waals surface area contributed by atoms with E-state index in [1.807, 2.05) is 24.3 Å². The highest BCUT2D eigenvalue weighted by Crippen LogP contribution is 2.20. The van der Waals surface area contributed by atoms with E-state index in [0.29, 0.717) is 39.9 Å². The van der Waals surface area contributed by atoms with E-state index in [1.165, 1.54) is 25.3 Å². The summed E-state index contributed by atoms with van der Waals surface area (Å²) in [6, 6.07) is 20.0. The maximum atomic E-state index is 14.1.